The summed E-state index contributed by atoms with van der Waals surface area (Å²) in [6.07, 6.45) is 0.345. The molecule has 65 heavy (non-hydrogen) atoms. The molecule has 3 aliphatic rings. The summed E-state index contributed by atoms with van der Waals surface area (Å²) in [5, 5.41) is 11.2. The summed E-state index contributed by atoms with van der Waals surface area (Å²) in [6.45, 7) is 20.3. The summed E-state index contributed by atoms with van der Waals surface area (Å²) in [7, 11) is -0.733. The Hall–Kier alpha value is -5.09. The molecule has 4 aromatic rings. The Morgan fingerprint density at radius 1 is 1.00 bits per heavy atom. The molecule has 3 fully saturated rings. The average Bonchev–Trinajstić information content (AvgIpc) is 3.76. The molecular formula is C50H63F3N6O5Si. The molecular weight excluding hydrogens is 850 g/mol. The van der Waals surface area contributed by atoms with Gasteiger partial charge in [0, 0.05) is 61.6 Å². The zero-order valence-corrected chi connectivity index (χ0v) is 40.5. The third-order valence-corrected chi connectivity index (χ3v) is 19.9. The predicted octanol–water partition coefficient (Wildman–Crippen LogP) is 10.6. The van der Waals surface area contributed by atoms with Gasteiger partial charge in [0.05, 0.1) is 29.6 Å². The van der Waals surface area contributed by atoms with Crippen LogP contribution in [0.2, 0.25) is 16.6 Å². The summed E-state index contributed by atoms with van der Waals surface area (Å²) in [6, 6.07) is 11.7. The number of halogens is 3. The number of carbonyl (C=O) groups is 1. The lowest BCUT2D eigenvalue weighted by Gasteiger charge is -2.41. The molecule has 0 spiro atoms. The topological polar surface area (TPSA) is 113 Å². The molecule has 0 bridgehead atoms. The van der Waals surface area contributed by atoms with Crippen molar-refractivity contribution in [2.24, 2.45) is 0 Å². The highest BCUT2D eigenvalue weighted by Crippen LogP contribution is 2.45. The predicted molar refractivity (Wildman–Crippen MR) is 251 cm³/mol. The van der Waals surface area contributed by atoms with Crippen LogP contribution in [0.1, 0.15) is 93.6 Å². The van der Waals surface area contributed by atoms with E-state index < -0.39 is 49.2 Å². The molecule has 0 unspecified atom stereocenters. The van der Waals surface area contributed by atoms with Crippen molar-refractivity contribution in [2.45, 2.75) is 128 Å². The van der Waals surface area contributed by atoms with Crippen molar-refractivity contribution in [1.82, 2.24) is 19.8 Å². The molecule has 11 nitrogen and oxygen atoms in total. The van der Waals surface area contributed by atoms with Gasteiger partial charge in [-0.2, -0.15) is 15.2 Å². The van der Waals surface area contributed by atoms with Crippen molar-refractivity contribution < 1.29 is 36.9 Å². The Morgan fingerprint density at radius 3 is 2.42 bits per heavy atom. The summed E-state index contributed by atoms with van der Waals surface area (Å²) >= 11 is 0. The van der Waals surface area contributed by atoms with Crippen LogP contribution >= 0.6 is 0 Å². The van der Waals surface area contributed by atoms with Gasteiger partial charge in [0.15, 0.2) is 12.6 Å². The number of rotatable bonds is 12. The van der Waals surface area contributed by atoms with Crippen LogP contribution in [0.25, 0.3) is 32.8 Å². The van der Waals surface area contributed by atoms with E-state index in [0.717, 1.165) is 19.4 Å². The van der Waals surface area contributed by atoms with Crippen LogP contribution in [-0.2, 0) is 9.47 Å². The lowest BCUT2D eigenvalue weighted by molar-refractivity contribution is 0.0145. The van der Waals surface area contributed by atoms with Crippen LogP contribution in [0.3, 0.4) is 0 Å². The number of nitrogens with zero attached hydrogens (tertiary/aromatic N) is 6. The summed E-state index contributed by atoms with van der Waals surface area (Å²) in [4.78, 5) is 28.3. The van der Waals surface area contributed by atoms with Crippen molar-refractivity contribution in [3.63, 3.8) is 0 Å². The van der Waals surface area contributed by atoms with Gasteiger partial charge < -0.3 is 28.7 Å². The molecule has 4 heterocycles. The number of piperazine rings is 1. The summed E-state index contributed by atoms with van der Waals surface area (Å²) < 4.78 is 73.3. The molecule has 0 radical (unpaired) electrons. The average molecular weight is 913 g/mol. The Balaban J connectivity index is 1.42. The first-order valence-electron chi connectivity index (χ1n) is 22.9. The van der Waals surface area contributed by atoms with Gasteiger partial charge in [0.1, 0.15) is 49.4 Å². The number of hydrogen-bond acceptors (Lipinski definition) is 10. The third-order valence-electron chi connectivity index (χ3n) is 13.7. The van der Waals surface area contributed by atoms with Crippen LogP contribution in [0, 0.1) is 34.4 Å². The van der Waals surface area contributed by atoms with Gasteiger partial charge in [-0.3, -0.25) is 4.90 Å². The Morgan fingerprint density at radius 2 is 1.74 bits per heavy atom. The normalized spacial score (nSPS) is 20.4. The smallest absolute Gasteiger partial charge is 0.410 e. The molecule has 0 saturated carbocycles. The van der Waals surface area contributed by atoms with Gasteiger partial charge in [0.2, 0.25) is 0 Å². The molecule has 1 amide bonds. The van der Waals surface area contributed by atoms with Crippen molar-refractivity contribution in [3.8, 4) is 40.4 Å². The number of hydrogen-bond donors (Lipinski definition) is 0. The first-order chi connectivity index (χ1) is 30.8. The van der Waals surface area contributed by atoms with Crippen molar-refractivity contribution in [2.75, 3.05) is 58.1 Å². The second kappa shape index (κ2) is 19.0. The van der Waals surface area contributed by atoms with Gasteiger partial charge in [-0.05, 0) is 86.4 Å². The maximum absolute atomic E-state index is 17.9. The molecule has 3 aliphatic heterocycles. The Bertz CT molecular complexity index is 2510. The van der Waals surface area contributed by atoms with Crippen LogP contribution < -0.4 is 14.4 Å². The minimum absolute atomic E-state index is 0.0212. The number of fused-ring (bicyclic) bond motifs is 3. The van der Waals surface area contributed by atoms with Gasteiger partial charge in [-0.25, -0.2) is 18.0 Å². The van der Waals surface area contributed by atoms with E-state index in [1.807, 2.05) is 29.2 Å². The van der Waals surface area contributed by atoms with E-state index in [4.69, 9.17) is 23.9 Å². The number of ether oxygens (including phenoxy) is 4. The zero-order chi connectivity index (χ0) is 47.0. The molecule has 1 aromatic heterocycles. The van der Waals surface area contributed by atoms with E-state index in [1.165, 1.54) is 18.1 Å². The fraction of sp³-hybridized carbons (Fsp3) is 0.560. The number of nitriles is 1. The molecule has 3 saturated heterocycles. The summed E-state index contributed by atoms with van der Waals surface area (Å²) in [5.41, 5.74) is 3.90. The standard InChI is InChI=1S/C50H63F3N6O5Si/c1-31(2)65(32(3)4,33(5)6)22-16-34-13-11-14-35-23-38(63-30-61-10)24-39(42(34)35)43-41(52)25-40-45(44(43)53)55-47(62-29-50-17-12-19-58(50)27-36(51)26-50)56-46(40)57-20-21-59(37(28-57)15-18-54)48(60)64-49(7,8)9/h11,13-14,23-25,31-33,36-37H,12,15,17,19-21,26-30H2,1-10H3/t36-,37+,50+/m1/s1. The lowest BCUT2D eigenvalue weighted by atomic mass is 9.93. The second-order valence-corrected chi connectivity index (χ2v) is 25.4. The number of aromatic nitrogens is 2. The van der Waals surface area contributed by atoms with Gasteiger partial charge in [0.25, 0.3) is 0 Å². The van der Waals surface area contributed by atoms with E-state index in [-0.39, 0.29) is 73.3 Å². The molecule has 0 aliphatic carbocycles. The van der Waals surface area contributed by atoms with E-state index in [0.29, 0.717) is 51.7 Å². The fourth-order valence-electron chi connectivity index (χ4n) is 10.8. The molecule has 0 N–H and O–H groups in total. The number of anilines is 1. The van der Waals surface area contributed by atoms with Gasteiger partial charge >= 0.3 is 12.1 Å². The molecule has 348 valence electrons. The van der Waals surface area contributed by atoms with E-state index in [1.54, 1.807) is 26.8 Å². The first-order valence-corrected chi connectivity index (χ1v) is 25.1. The van der Waals surface area contributed by atoms with Crippen LogP contribution in [0.15, 0.2) is 36.4 Å². The van der Waals surface area contributed by atoms with E-state index in [2.05, 4.69) is 69.0 Å². The maximum atomic E-state index is 17.9. The summed E-state index contributed by atoms with van der Waals surface area (Å²) in [5.74, 6) is 2.27. The van der Waals surface area contributed by atoms with Crippen molar-refractivity contribution in [3.05, 3.63) is 53.6 Å². The number of methoxy groups -OCH3 is 1. The number of amides is 1. The number of benzene rings is 3. The number of carbonyl (C=O) groups excluding carboxylic acids is 1. The quantitative estimate of drug-likeness (QED) is 0.0773. The first kappa shape index (κ1) is 47.9. The van der Waals surface area contributed by atoms with Crippen LogP contribution in [0.4, 0.5) is 23.8 Å². The SMILES string of the molecule is COCOc1cc(-c2c(F)cc3c(N4CCN(C(=O)OC(C)(C)C)[C@@H](CC#N)C4)nc(OC[C@@]45CCCN4C[C@H](F)C5)nc3c2F)c2c(C#C[Si](C(C)C)(C(C)C)C(C)C)cccc2c1. The highest BCUT2D eigenvalue weighted by atomic mass is 28.3. The Labute approximate surface area is 382 Å². The van der Waals surface area contributed by atoms with Gasteiger partial charge in [-0.15, -0.1) is 5.54 Å². The van der Waals surface area contributed by atoms with E-state index >= 15 is 8.78 Å². The van der Waals surface area contributed by atoms with Crippen LogP contribution in [-0.4, -0.2) is 111 Å². The van der Waals surface area contributed by atoms with Crippen LogP contribution in [0.5, 0.6) is 11.8 Å². The minimum Gasteiger partial charge on any atom is -0.468 e. The molecule has 7 rings (SSSR count). The number of alkyl halides is 1. The highest BCUT2D eigenvalue weighted by molar-refractivity contribution is 6.90. The largest absolute Gasteiger partial charge is 0.468 e. The zero-order valence-electron chi connectivity index (χ0n) is 39.5. The van der Waals surface area contributed by atoms with Gasteiger partial charge in [-0.1, -0.05) is 59.6 Å². The Kier molecular flexibility index (Phi) is 14.0. The molecule has 15 heteroatoms. The highest BCUT2D eigenvalue weighted by Gasteiger charge is 2.49. The fourth-order valence-corrected chi connectivity index (χ4v) is 16.0. The third kappa shape index (κ3) is 9.47. The monoisotopic (exact) mass is 912 g/mol. The molecule has 3 atom stereocenters. The molecule has 3 aromatic carbocycles. The van der Waals surface area contributed by atoms with Crippen molar-refractivity contribution in [1.29, 1.82) is 5.26 Å². The van der Waals surface area contributed by atoms with Crippen molar-refractivity contribution >= 4 is 41.7 Å². The maximum Gasteiger partial charge on any atom is 0.410 e. The lowest BCUT2D eigenvalue weighted by Crippen LogP contribution is -2.56. The second-order valence-electron chi connectivity index (χ2n) is 19.8. The van der Waals surface area contributed by atoms with E-state index in [9.17, 15) is 14.4 Å². The minimum atomic E-state index is -2.23.